The summed E-state index contributed by atoms with van der Waals surface area (Å²) in [7, 11) is 0. The van der Waals surface area contributed by atoms with Crippen LogP contribution in [0.3, 0.4) is 0 Å². The van der Waals surface area contributed by atoms with Gasteiger partial charge in [0.05, 0.1) is 5.69 Å². The van der Waals surface area contributed by atoms with Gasteiger partial charge >= 0.3 is 6.36 Å². The molecule has 0 fully saturated rings. The molecule has 0 radical (unpaired) electrons. The highest BCUT2D eigenvalue weighted by Gasteiger charge is 2.32. The van der Waals surface area contributed by atoms with Crippen LogP contribution < -0.4 is 10.1 Å². The van der Waals surface area contributed by atoms with Gasteiger partial charge in [0, 0.05) is 16.6 Å². The van der Waals surface area contributed by atoms with Gasteiger partial charge in [-0.15, -0.1) is 13.2 Å². The molecule has 0 unspecified atom stereocenters. The molecule has 0 aliphatic carbocycles. The van der Waals surface area contributed by atoms with Crippen molar-refractivity contribution < 1.29 is 17.9 Å². The summed E-state index contributed by atoms with van der Waals surface area (Å²) < 4.78 is 40.9. The molecule has 2 aromatic rings. The fourth-order valence-electron chi connectivity index (χ4n) is 1.68. The highest BCUT2D eigenvalue weighted by molar-refractivity contribution is 6.35. The summed E-state index contributed by atoms with van der Waals surface area (Å²) in [6.45, 7) is 0.244. The third-order valence-electron chi connectivity index (χ3n) is 2.60. The highest BCUT2D eigenvalue weighted by atomic mass is 35.5. The molecule has 0 atom stereocenters. The van der Waals surface area contributed by atoms with E-state index in [1.54, 1.807) is 24.3 Å². The molecule has 2 nitrogen and oxygen atoms in total. The monoisotopic (exact) mass is 335 g/mol. The summed E-state index contributed by atoms with van der Waals surface area (Å²) in [5, 5.41) is 3.78. The molecule has 21 heavy (non-hydrogen) atoms. The summed E-state index contributed by atoms with van der Waals surface area (Å²) >= 11 is 11.8. The summed E-state index contributed by atoms with van der Waals surface area (Å²) in [4.78, 5) is 0. The second-order valence-electron chi connectivity index (χ2n) is 4.13. The van der Waals surface area contributed by atoms with Crippen molar-refractivity contribution in [2.24, 2.45) is 0 Å². The molecule has 2 aromatic carbocycles. The number of ether oxygens (including phenoxy) is 1. The zero-order chi connectivity index (χ0) is 15.5. The molecule has 0 aliphatic heterocycles. The fourth-order valence-corrected chi connectivity index (χ4v) is 2.16. The smallest absolute Gasteiger partial charge is 0.404 e. The topological polar surface area (TPSA) is 21.3 Å². The van der Waals surface area contributed by atoms with Gasteiger partial charge in [-0.25, -0.2) is 0 Å². The first-order chi connectivity index (χ1) is 9.85. The molecule has 0 spiro atoms. The van der Waals surface area contributed by atoms with E-state index >= 15 is 0 Å². The minimum absolute atomic E-state index is 0.223. The van der Waals surface area contributed by atoms with Crippen LogP contribution in [0.15, 0.2) is 42.5 Å². The Labute approximate surface area is 129 Å². The number of alkyl halides is 3. The standard InChI is InChI=1S/C14H10Cl2F3NO/c15-10-6-5-9(11(16)7-10)8-20-12-3-1-2-4-13(12)21-14(17,18)19/h1-7,20H,8H2. The predicted molar refractivity (Wildman–Crippen MR) is 76.9 cm³/mol. The number of hydrogen-bond donors (Lipinski definition) is 1. The summed E-state index contributed by atoms with van der Waals surface area (Å²) in [5.74, 6) is -0.296. The molecule has 0 bridgehead atoms. The van der Waals surface area contributed by atoms with E-state index in [1.807, 2.05) is 0 Å². The number of halogens is 5. The van der Waals surface area contributed by atoms with Gasteiger partial charge in [-0.2, -0.15) is 0 Å². The first kappa shape index (κ1) is 15.8. The Hall–Kier alpha value is -1.59. The van der Waals surface area contributed by atoms with Gasteiger partial charge in [-0.05, 0) is 29.8 Å². The van der Waals surface area contributed by atoms with Crippen molar-refractivity contribution in [1.82, 2.24) is 0 Å². The van der Waals surface area contributed by atoms with Gasteiger partial charge in [0.1, 0.15) is 0 Å². The van der Waals surface area contributed by atoms with E-state index in [9.17, 15) is 13.2 Å². The molecule has 0 saturated carbocycles. The molecule has 112 valence electrons. The highest BCUT2D eigenvalue weighted by Crippen LogP contribution is 2.31. The molecule has 0 saturated heterocycles. The molecule has 0 amide bonds. The maximum atomic E-state index is 12.3. The van der Waals surface area contributed by atoms with Gasteiger partial charge < -0.3 is 10.1 Å². The lowest BCUT2D eigenvalue weighted by atomic mass is 10.2. The van der Waals surface area contributed by atoms with Crippen molar-refractivity contribution in [2.75, 3.05) is 5.32 Å². The van der Waals surface area contributed by atoms with E-state index in [2.05, 4.69) is 10.1 Å². The Balaban J connectivity index is 2.13. The summed E-state index contributed by atoms with van der Waals surface area (Å²) in [6, 6.07) is 10.7. The van der Waals surface area contributed by atoms with E-state index in [1.165, 1.54) is 18.2 Å². The molecule has 2 rings (SSSR count). The Kier molecular flexibility index (Phi) is 4.85. The minimum atomic E-state index is -4.74. The lowest BCUT2D eigenvalue weighted by Gasteiger charge is -2.15. The fraction of sp³-hybridized carbons (Fsp3) is 0.143. The van der Waals surface area contributed by atoms with Crippen molar-refractivity contribution in [2.45, 2.75) is 12.9 Å². The average molecular weight is 336 g/mol. The van der Waals surface area contributed by atoms with Crippen LogP contribution in [0.1, 0.15) is 5.56 Å². The van der Waals surface area contributed by atoms with Crippen LogP contribution in [0.5, 0.6) is 5.75 Å². The molecule has 1 N–H and O–H groups in total. The van der Waals surface area contributed by atoms with Crippen LogP contribution in [0, 0.1) is 0 Å². The second kappa shape index (κ2) is 6.45. The Morgan fingerprint density at radius 3 is 2.43 bits per heavy atom. The van der Waals surface area contributed by atoms with Crippen molar-refractivity contribution in [3.05, 3.63) is 58.1 Å². The van der Waals surface area contributed by atoms with Crippen molar-refractivity contribution in [3.63, 3.8) is 0 Å². The lowest BCUT2D eigenvalue weighted by molar-refractivity contribution is -0.274. The number of anilines is 1. The molecular formula is C14H10Cl2F3NO. The van der Waals surface area contributed by atoms with Crippen LogP contribution in [0.25, 0.3) is 0 Å². The zero-order valence-corrected chi connectivity index (χ0v) is 12.1. The normalized spacial score (nSPS) is 11.3. The van der Waals surface area contributed by atoms with Gasteiger partial charge in [-0.3, -0.25) is 0 Å². The van der Waals surface area contributed by atoms with E-state index in [-0.39, 0.29) is 18.0 Å². The first-order valence-electron chi connectivity index (χ1n) is 5.88. The summed E-state index contributed by atoms with van der Waals surface area (Å²) in [6.07, 6.45) is -4.74. The Bertz CT molecular complexity index is 632. The Morgan fingerprint density at radius 2 is 1.76 bits per heavy atom. The van der Waals surface area contributed by atoms with E-state index < -0.39 is 6.36 Å². The van der Waals surface area contributed by atoms with Crippen LogP contribution in [0.4, 0.5) is 18.9 Å². The molecular weight excluding hydrogens is 326 g/mol. The summed E-state index contributed by atoms with van der Waals surface area (Å²) in [5.41, 5.74) is 0.934. The SMILES string of the molecule is FC(F)(F)Oc1ccccc1NCc1ccc(Cl)cc1Cl. The number of nitrogens with one attached hydrogen (secondary N) is 1. The van der Waals surface area contributed by atoms with Crippen molar-refractivity contribution in [3.8, 4) is 5.75 Å². The third-order valence-corrected chi connectivity index (χ3v) is 3.18. The van der Waals surface area contributed by atoms with Crippen LogP contribution in [0.2, 0.25) is 10.0 Å². The predicted octanol–water partition coefficient (Wildman–Crippen LogP) is 5.50. The van der Waals surface area contributed by atoms with Crippen LogP contribution in [-0.2, 0) is 6.54 Å². The van der Waals surface area contributed by atoms with Gasteiger partial charge in [0.25, 0.3) is 0 Å². The lowest BCUT2D eigenvalue weighted by Crippen LogP contribution is -2.18. The minimum Gasteiger partial charge on any atom is -0.404 e. The largest absolute Gasteiger partial charge is 0.573 e. The molecule has 0 aromatic heterocycles. The third kappa shape index (κ3) is 4.72. The van der Waals surface area contributed by atoms with E-state index in [4.69, 9.17) is 23.2 Å². The molecule has 0 aliphatic rings. The van der Waals surface area contributed by atoms with E-state index in [0.717, 1.165) is 0 Å². The second-order valence-corrected chi connectivity index (χ2v) is 4.98. The van der Waals surface area contributed by atoms with Crippen LogP contribution >= 0.6 is 23.2 Å². The van der Waals surface area contributed by atoms with Crippen molar-refractivity contribution >= 4 is 28.9 Å². The van der Waals surface area contributed by atoms with Crippen LogP contribution in [-0.4, -0.2) is 6.36 Å². The van der Waals surface area contributed by atoms with Crippen molar-refractivity contribution in [1.29, 1.82) is 0 Å². The molecule has 7 heteroatoms. The number of hydrogen-bond acceptors (Lipinski definition) is 2. The number of rotatable bonds is 4. The average Bonchev–Trinajstić information content (AvgIpc) is 2.37. The first-order valence-corrected chi connectivity index (χ1v) is 6.63. The zero-order valence-electron chi connectivity index (χ0n) is 10.5. The maximum absolute atomic E-state index is 12.3. The van der Waals surface area contributed by atoms with Gasteiger partial charge in [-0.1, -0.05) is 41.4 Å². The van der Waals surface area contributed by atoms with Gasteiger partial charge in [0.2, 0.25) is 0 Å². The van der Waals surface area contributed by atoms with E-state index in [0.29, 0.717) is 15.6 Å². The quantitative estimate of drug-likeness (QED) is 0.796. The van der Waals surface area contributed by atoms with Gasteiger partial charge in [0.15, 0.2) is 5.75 Å². The number of benzene rings is 2. The maximum Gasteiger partial charge on any atom is 0.573 e. The Morgan fingerprint density at radius 1 is 1.05 bits per heavy atom. The molecule has 0 heterocycles. The number of para-hydroxylation sites is 2.